The van der Waals surface area contributed by atoms with Crippen LogP contribution in [0.2, 0.25) is 0 Å². The highest BCUT2D eigenvalue weighted by molar-refractivity contribution is 5.87. The van der Waals surface area contributed by atoms with Crippen LogP contribution in [0.25, 0.3) is 10.8 Å². The molecule has 0 bridgehead atoms. The second-order valence-corrected chi connectivity index (χ2v) is 5.44. The summed E-state index contributed by atoms with van der Waals surface area (Å²) < 4.78 is 0. The summed E-state index contributed by atoms with van der Waals surface area (Å²) in [5.41, 5.74) is -0.273. The van der Waals surface area contributed by atoms with Gasteiger partial charge in [-0.05, 0) is 29.7 Å². The third kappa shape index (κ3) is 3.36. The molecule has 5 heteroatoms. The summed E-state index contributed by atoms with van der Waals surface area (Å²) in [4.78, 5) is 23.1. The summed E-state index contributed by atoms with van der Waals surface area (Å²) in [6.45, 7) is 3.55. The van der Waals surface area contributed by atoms with E-state index in [4.69, 9.17) is 5.11 Å². The maximum Gasteiger partial charge on any atom is 0.329 e. The second-order valence-electron chi connectivity index (χ2n) is 5.44. The standard InChI is InChI=1S/C17H20N2O3/c1-3-17(2,15(20)21)19-16(22)18-11-13-9-6-8-12-7-4-5-10-14(12)13/h4-10H,3,11H2,1-2H3,(H,20,21)(H2,18,19,22). The molecule has 0 aliphatic heterocycles. The highest BCUT2D eigenvalue weighted by Gasteiger charge is 2.32. The van der Waals surface area contributed by atoms with Crippen LogP contribution in [0.3, 0.4) is 0 Å². The van der Waals surface area contributed by atoms with E-state index in [1.54, 1.807) is 6.92 Å². The van der Waals surface area contributed by atoms with E-state index in [0.29, 0.717) is 13.0 Å². The van der Waals surface area contributed by atoms with Gasteiger partial charge >= 0.3 is 12.0 Å². The molecular formula is C17H20N2O3. The minimum Gasteiger partial charge on any atom is -0.480 e. The molecule has 0 radical (unpaired) electrons. The van der Waals surface area contributed by atoms with Gasteiger partial charge in [-0.15, -0.1) is 0 Å². The minimum atomic E-state index is -1.26. The smallest absolute Gasteiger partial charge is 0.329 e. The third-order valence-electron chi connectivity index (χ3n) is 3.89. The zero-order valence-electron chi connectivity index (χ0n) is 12.7. The fourth-order valence-electron chi connectivity index (χ4n) is 2.21. The van der Waals surface area contributed by atoms with E-state index in [1.165, 1.54) is 6.92 Å². The molecule has 1 atom stereocenters. The molecule has 0 aromatic heterocycles. The first-order valence-electron chi connectivity index (χ1n) is 7.22. The average molecular weight is 300 g/mol. The fraction of sp³-hybridized carbons (Fsp3) is 0.294. The number of fused-ring (bicyclic) bond motifs is 1. The van der Waals surface area contributed by atoms with Crippen molar-refractivity contribution in [1.82, 2.24) is 10.6 Å². The van der Waals surface area contributed by atoms with Gasteiger partial charge in [0.15, 0.2) is 0 Å². The largest absolute Gasteiger partial charge is 0.480 e. The van der Waals surface area contributed by atoms with E-state index in [-0.39, 0.29) is 0 Å². The highest BCUT2D eigenvalue weighted by Crippen LogP contribution is 2.18. The lowest BCUT2D eigenvalue weighted by molar-refractivity contribution is -0.143. The number of urea groups is 1. The van der Waals surface area contributed by atoms with Gasteiger partial charge in [-0.1, -0.05) is 49.4 Å². The fourth-order valence-corrected chi connectivity index (χ4v) is 2.21. The number of hydrogen-bond acceptors (Lipinski definition) is 2. The summed E-state index contributed by atoms with van der Waals surface area (Å²) in [6.07, 6.45) is 0.310. The van der Waals surface area contributed by atoms with E-state index in [9.17, 15) is 9.59 Å². The summed E-state index contributed by atoms with van der Waals surface area (Å²) in [5.74, 6) is -1.05. The van der Waals surface area contributed by atoms with Crippen LogP contribution in [-0.2, 0) is 11.3 Å². The maximum atomic E-state index is 11.9. The Morgan fingerprint density at radius 1 is 1.14 bits per heavy atom. The second kappa shape index (κ2) is 6.47. The summed E-state index contributed by atoms with van der Waals surface area (Å²) in [7, 11) is 0. The van der Waals surface area contributed by atoms with E-state index in [1.807, 2.05) is 42.5 Å². The van der Waals surface area contributed by atoms with Gasteiger partial charge in [0, 0.05) is 6.54 Å². The van der Waals surface area contributed by atoms with Crippen LogP contribution < -0.4 is 10.6 Å². The lowest BCUT2D eigenvalue weighted by Gasteiger charge is -2.24. The first-order valence-corrected chi connectivity index (χ1v) is 7.22. The topological polar surface area (TPSA) is 78.4 Å². The van der Waals surface area contributed by atoms with Crippen LogP contribution in [-0.4, -0.2) is 22.6 Å². The van der Waals surface area contributed by atoms with Crippen molar-refractivity contribution in [2.75, 3.05) is 0 Å². The Morgan fingerprint density at radius 2 is 1.82 bits per heavy atom. The molecule has 2 rings (SSSR count). The normalized spacial score (nSPS) is 13.4. The number of aliphatic carboxylic acids is 1. The van der Waals surface area contributed by atoms with Crippen LogP contribution in [0.1, 0.15) is 25.8 Å². The van der Waals surface area contributed by atoms with Crippen molar-refractivity contribution in [3.8, 4) is 0 Å². The minimum absolute atomic E-state index is 0.310. The van der Waals surface area contributed by atoms with Gasteiger partial charge in [0.1, 0.15) is 5.54 Å². The molecule has 0 fully saturated rings. The molecule has 0 saturated heterocycles. The summed E-state index contributed by atoms with van der Waals surface area (Å²) >= 11 is 0. The van der Waals surface area contributed by atoms with Crippen molar-refractivity contribution >= 4 is 22.8 Å². The molecule has 2 aromatic rings. The van der Waals surface area contributed by atoms with Crippen LogP contribution in [0, 0.1) is 0 Å². The average Bonchev–Trinajstić information content (AvgIpc) is 2.52. The Balaban J connectivity index is 2.06. The predicted octanol–water partition coefficient (Wildman–Crippen LogP) is 2.89. The Morgan fingerprint density at radius 3 is 2.50 bits per heavy atom. The number of carboxylic acid groups (broad SMARTS) is 1. The zero-order valence-corrected chi connectivity index (χ0v) is 12.7. The number of amides is 2. The number of carbonyl (C=O) groups excluding carboxylic acids is 1. The van der Waals surface area contributed by atoms with Gasteiger partial charge in [-0.3, -0.25) is 0 Å². The number of carboxylic acids is 1. The van der Waals surface area contributed by atoms with E-state index in [0.717, 1.165) is 16.3 Å². The quantitative estimate of drug-likeness (QED) is 0.794. The van der Waals surface area contributed by atoms with Crippen LogP contribution in [0.5, 0.6) is 0 Å². The molecule has 2 aromatic carbocycles. The van der Waals surface area contributed by atoms with Crippen LogP contribution >= 0.6 is 0 Å². The predicted molar refractivity (Wildman–Crippen MR) is 85.7 cm³/mol. The van der Waals surface area contributed by atoms with Gasteiger partial charge in [0.05, 0.1) is 0 Å². The zero-order chi connectivity index (χ0) is 16.2. The maximum absolute atomic E-state index is 11.9. The molecule has 1 unspecified atom stereocenters. The highest BCUT2D eigenvalue weighted by atomic mass is 16.4. The number of nitrogens with one attached hydrogen (secondary N) is 2. The van der Waals surface area contributed by atoms with Crippen molar-refractivity contribution in [2.45, 2.75) is 32.4 Å². The number of rotatable bonds is 5. The van der Waals surface area contributed by atoms with Gasteiger partial charge in [0.2, 0.25) is 0 Å². The molecular weight excluding hydrogens is 280 g/mol. The first kappa shape index (κ1) is 15.8. The van der Waals surface area contributed by atoms with Gasteiger partial charge < -0.3 is 15.7 Å². The molecule has 0 aliphatic carbocycles. The van der Waals surface area contributed by atoms with Crippen molar-refractivity contribution in [3.05, 3.63) is 48.0 Å². The Kier molecular flexibility index (Phi) is 4.65. The summed E-state index contributed by atoms with van der Waals surface area (Å²) in [6, 6.07) is 13.3. The van der Waals surface area contributed by atoms with Gasteiger partial charge in [-0.25, -0.2) is 9.59 Å². The molecule has 2 amide bonds. The van der Waals surface area contributed by atoms with Crippen LogP contribution in [0.4, 0.5) is 4.79 Å². The number of hydrogen-bond donors (Lipinski definition) is 3. The van der Waals surface area contributed by atoms with E-state index in [2.05, 4.69) is 10.6 Å². The molecule has 116 valence electrons. The number of benzene rings is 2. The first-order chi connectivity index (χ1) is 10.5. The Labute approximate surface area is 129 Å². The van der Waals surface area contributed by atoms with Gasteiger partial charge in [0.25, 0.3) is 0 Å². The van der Waals surface area contributed by atoms with Crippen molar-refractivity contribution < 1.29 is 14.7 Å². The molecule has 22 heavy (non-hydrogen) atoms. The monoisotopic (exact) mass is 300 g/mol. The van der Waals surface area contributed by atoms with E-state index < -0.39 is 17.5 Å². The lowest BCUT2D eigenvalue weighted by atomic mass is 10.00. The molecule has 0 heterocycles. The lowest BCUT2D eigenvalue weighted by Crippen LogP contribution is -2.54. The van der Waals surface area contributed by atoms with Crippen molar-refractivity contribution in [2.24, 2.45) is 0 Å². The van der Waals surface area contributed by atoms with Crippen LogP contribution in [0.15, 0.2) is 42.5 Å². The Hall–Kier alpha value is -2.56. The van der Waals surface area contributed by atoms with Crippen molar-refractivity contribution in [1.29, 1.82) is 0 Å². The van der Waals surface area contributed by atoms with Crippen molar-refractivity contribution in [3.63, 3.8) is 0 Å². The number of carbonyl (C=O) groups is 2. The Bertz CT molecular complexity index is 694. The SMILES string of the molecule is CCC(C)(NC(=O)NCc1cccc2ccccc12)C(=O)O. The van der Waals surface area contributed by atoms with E-state index >= 15 is 0 Å². The molecule has 0 saturated carbocycles. The molecule has 3 N–H and O–H groups in total. The molecule has 0 spiro atoms. The van der Waals surface area contributed by atoms with Gasteiger partial charge in [-0.2, -0.15) is 0 Å². The molecule has 5 nitrogen and oxygen atoms in total. The molecule has 0 aliphatic rings. The third-order valence-corrected chi connectivity index (χ3v) is 3.89. The summed E-state index contributed by atoms with van der Waals surface area (Å²) in [5, 5.41) is 16.6.